The second-order valence-electron chi connectivity index (χ2n) is 6.63. The van der Waals surface area contributed by atoms with Crippen molar-refractivity contribution in [3.63, 3.8) is 0 Å². The lowest BCUT2D eigenvalue weighted by molar-refractivity contribution is 0.103. The lowest BCUT2D eigenvalue weighted by Gasteiger charge is -2.41. The number of benzene rings is 1. The number of hydrogen-bond acceptors (Lipinski definition) is 2. The molecule has 0 spiro atoms. The van der Waals surface area contributed by atoms with E-state index in [-0.39, 0.29) is 6.03 Å². The van der Waals surface area contributed by atoms with Gasteiger partial charge in [0.1, 0.15) is 5.75 Å². The molecule has 2 fully saturated rings. The molecule has 2 bridgehead atoms. The van der Waals surface area contributed by atoms with Gasteiger partial charge in [0.25, 0.3) is 0 Å². The lowest BCUT2D eigenvalue weighted by Crippen LogP contribution is -2.49. The number of fused-ring (bicyclic) bond motifs is 2. The Bertz CT molecular complexity index is 488. The zero-order chi connectivity index (χ0) is 15.4. The average Bonchev–Trinajstić information content (AvgIpc) is 2.55. The van der Waals surface area contributed by atoms with Crippen molar-refractivity contribution in [2.45, 2.75) is 32.1 Å². The maximum atomic E-state index is 12.3. The predicted octanol–water partition coefficient (Wildman–Crippen LogP) is 3.07. The van der Waals surface area contributed by atoms with Gasteiger partial charge in [0.2, 0.25) is 0 Å². The van der Waals surface area contributed by atoms with Gasteiger partial charge in [-0.1, -0.05) is 18.6 Å². The van der Waals surface area contributed by atoms with Gasteiger partial charge in [-0.3, -0.25) is 0 Å². The van der Waals surface area contributed by atoms with Crippen LogP contribution in [0.1, 0.15) is 31.2 Å². The van der Waals surface area contributed by atoms with E-state index in [4.69, 9.17) is 4.74 Å². The summed E-state index contributed by atoms with van der Waals surface area (Å²) in [5.41, 5.74) is 1.22. The minimum atomic E-state index is 0.116. The third-order valence-electron chi connectivity index (χ3n) is 4.98. The van der Waals surface area contributed by atoms with E-state index in [1.807, 2.05) is 17.0 Å². The SMILES string of the molecule is COc1ccc(CCNC(=O)N2C[C@H]3CCC[C@@H](C3)C2)cc1. The fraction of sp³-hybridized carbons (Fsp3) is 0.611. The molecule has 2 amide bonds. The number of methoxy groups -OCH3 is 1. The van der Waals surface area contributed by atoms with E-state index in [0.29, 0.717) is 6.54 Å². The Labute approximate surface area is 132 Å². The molecule has 22 heavy (non-hydrogen) atoms. The van der Waals surface area contributed by atoms with Crippen molar-refractivity contribution in [2.75, 3.05) is 26.7 Å². The van der Waals surface area contributed by atoms with Crippen LogP contribution in [0.15, 0.2) is 24.3 Å². The Kier molecular flexibility index (Phi) is 4.86. The highest BCUT2D eigenvalue weighted by Crippen LogP contribution is 2.34. The highest BCUT2D eigenvalue weighted by molar-refractivity contribution is 5.74. The number of ether oxygens (including phenoxy) is 1. The second kappa shape index (κ2) is 7.03. The maximum absolute atomic E-state index is 12.3. The Morgan fingerprint density at radius 1 is 1.23 bits per heavy atom. The number of urea groups is 1. The van der Waals surface area contributed by atoms with Crippen LogP contribution in [0.2, 0.25) is 0 Å². The van der Waals surface area contributed by atoms with Crippen LogP contribution in [0.25, 0.3) is 0 Å². The van der Waals surface area contributed by atoms with Crippen LogP contribution >= 0.6 is 0 Å². The molecule has 0 unspecified atom stereocenters. The van der Waals surface area contributed by atoms with Crippen LogP contribution in [0, 0.1) is 11.8 Å². The minimum Gasteiger partial charge on any atom is -0.497 e. The highest BCUT2D eigenvalue weighted by Gasteiger charge is 2.32. The molecule has 1 heterocycles. The number of amides is 2. The van der Waals surface area contributed by atoms with Crippen LogP contribution < -0.4 is 10.1 Å². The molecule has 0 radical (unpaired) electrons. The zero-order valence-corrected chi connectivity index (χ0v) is 13.4. The first-order chi connectivity index (χ1) is 10.7. The largest absolute Gasteiger partial charge is 0.497 e. The van der Waals surface area contributed by atoms with Crippen LogP contribution in [0.4, 0.5) is 4.79 Å². The van der Waals surface area contributed by atoms with Gasteiger partial charge in [-0.25, -0.2) is 4.79 Å². The standard InChI is InChI=1S/C18H26N2O2/c1-22-17-7-5-14(6-8-17)9-10-19-18(21)20-12-15-3-2-4-16(11-15)13-20/h5-8,15-16H,2-4,9-13H2,1H3,(H,19,21)/t15-,16-/m0/s1. The molecule has 1 aliphatic carbocycles. The average molecular weight is 302 g/mol. The number of rotatable bonds is 4. The van der Waals surface area contributed by atoms with Crippen LogP contribution in [-0.2, 0) is 6.42 Å². The Morgan fingerprint density at radius 3 is 2.55 bits per heavy atom. The molecule has 3 rings (SSSR count). The predicted molar refractivity (Wildman–Crippen MR) is 87.1 cm³/mol. The van der Waals surface area contributed by atoms with E-state index in [1.165, 1.54) is 31.2 Å². The molecule has 2 atom stereocenters. The molecule has 1 aliphatic heterocycles. The molecule has 4 heteroatoms. The van der Waals surface area contributed by atoms with Gasteiger partial charge in [0.15, 0.2) is 0 Å². The summed E-state index contributed by atoms with van der Waals surface area (Å²) in [6, 6.07) is 8.14. The van der Waals surface area contributed by atoms with Crippen molar-refractivity contribution in [3.05, 3.63) is 29.8 Å². The van der Waals surface area contributed by atoms with E-state index >= 15 is 0 Å². The Hall–Kier alpha value is -1.71. The Morgan fingerprint density at radius 2 is 1.91 bits per heavy atom. The summed E-state index contributed by atoms with van der Waals surface area (Å²) in [5, 5.41) is 3.07. The molecule has 1 saturated carbocycles. The second-order valence-corrected chi connectivity index (χ2v) is 6.63. The Balaban J connectivity index is 1.43. The number of nitrogens with one attached hydrogen (secondary N) is 1. The summed E-state index contributed by atoms with van der Waals surface area (Å²) in [4.78, 5) is 14.3. The molecule has 0 aromatic heterocycles. The van der Waals surface area contributed by atoms with E-state index in [9.17, 15) is 4.79 Å². The van der Waals surface area contributed by atoms with E-state index in [2.05, 4.69) is 17.4 Å². The van der Waals surface area contributed by atoms with Crippen molar-refractivity contribution in [3.8, 4) is 5.75 Å². The number of hydrogen-bond donors (Lipinski definition) is 1. The quantitative estimate of drug-likeness (QED) is 0.928. The molecular weight excluding hydrogens is 276 g/mol. The number of carbonyl (C=O) groups excluding carboxylic acids is 1. The lowest BCUT2D eigenvalue weighted by atomic mass is 9.78. The van der Waals surface area contributed by atoms with Gasteiger partial charge in [0.05, 0.1) is 7.11 Å². The first-order valence-electron chi connectivity index (χ1n) is 8.40. The van der Waals surface area contributed by atoms with Crippen molar-refractivity contribution >= 4 is 6.03 Å². The van der Waals surface area contributed by atoms with Gasteiger partial charge in [-0.05, 0) is 55.2 Å². The monoisotopic (exact) mass is 302 g/mol. The van der Waals surface area contributed by atoms with Gasteiger partial charge in [0, 0.05) is 19.6 Å². The summed E-state index contributed by atoms with van der Waals surface area (Å²) in [6.07, 6.45) is 6.13. The third-order valence-corrected chi connectivity index (χ3v) is 4.98. The van der Waals surface area contributed by atoms with Gasteiger partial charge < -0.3 is 15.0 Å². The topological polar surface area (TPSA) is 41.6 Å². The molecule has 1 N–H and O–H groups in total. The molecular formula is C18H26N2O2. The fourth-order valence-electron chi connectivity index (χ4n) is 3.82. The van der Waals surface area contributed by atoms with Crippen molar-refractivity contribution < 1.29 is 9.53 Å². The van der Waals surface area contributed by atoms with Crippen LogP contribution in [0.3, 0.4) is 0 Å². The van der Waals surface area contributed by atoms with Gasteiger partial charge in [-0.2, -0.15) is 0 Å². The van der Waals surface area contributed by atoms with Gasteiger partial charge in [-0.15, -0.1) is 0 Å². The normalized spacial score (nSPS) is 24.0. The van der Waals surface area contributed by atoms with Crippen molar-refractivity contribution in [1.82, 2.24) is 10.2 Å². The first kappa shape index (κ1) is 15.2. The molecule has 4 nitrogen and oxygen atoms in total. The zero-order valence-electron chi connectivity index (χ0n) is 13.4. The van der Waals surface area contributed by atoms with E-state index in [1.54, 1.807) is 7.11 Å². The maximum Gasteiger partial charge on any atom is 0.317 e. The molecule has 2 aliphatic rings. The minimum absolute atomic E-state index is 0.116. The van der Waals surface area contributed by atoms with Crippen LogP contribution in [0.5, 0.6) is 5.75 Å². The van der Waals surface area contributed by atoms with E-state index in [0.717, 1.165) is 37.1 Å². The third kappa shape index (κ3) is 3.73. The molecule has 1 aromatic carbocycles. The summed E-state index contributed by atoms with van der Waals surface area (Å²) in [5.74, 6) is 2.34. The number of likely N-dealkylation sites (tertiary alicyclic amines) is 1. The fourth-order valence-corrected chi connectivity index (χ4v) is 3.82. The molecule has 120 valence electrons. The number of piperidine rings is 1. The highest BCUT2D eigenvalue weighted by atomic mass is 16.5. The summed E-state index contributed by atoms with van der Waals surface area (Å²) >= 11 is 0. The molecule has 1 aromatic rings. The smallest absolute Gasteiger partial charge is 0.317 e. The number of nitrogens with zero attached hydrogens (tertiary/aromatic N) is 1. The summed E-state index contributed by atoms with van der Waals surface area (Å²) in [7, 11) is 1.67. The summed E-state index contributed by atoms with van der Waals surface area (Å²) in [6.45, 7) is 2.59. The van der Waals surface area contributed by atoms with Gasteiger partial charge >= 0.3 is 6.03 Å². The van der Waals surface area contributed by atoms with E-state index < -0.39 is 0 Å². The molecule has 1 saturated heterocycles. The van der Waals surface area contributed by atoms with Crippen LogP contribution in [-0.4, -0.2) is 37.7 Å². The van der Waals surface area contributed by atoms with Crippen molar-refractivity contribution in [1.29, 1.82) is 0 Å². The first-order valence-corrected chi connectivity index (χ1v) is 8.40. The summed E-state index contributed by atoms with van der Waals surface area (Å²) < 4.78 is 5.15. The van der Waals surface area contributed by atoms with Crippen molar-refractivity contribution in [2.24, 2.45) is 11.8 Å². The number of carbonyl (C=O) groups is 1.